The Labute approximate surface area is 99.6 Å². The summed E-state index contributed by atoms with van der Waals surface area (Å²) in [6.07, 6.45) is 2.04. The lowest BCUT2D eigenvalue weighted by atomic mass is 10.1. The number of aliphatic hydroxyl groups excluding tert-OH is 1. The number of aryl methyl sites for hydroxylation is 2. The summed E-state index contributed by atoms with van der Waals surface area (Å²) in [7, 11) is 0. The van der Waals surface area contributed by atoms with Crippen molar-refractivity contribution >= 4 is 11.3 Å². The molecule has 2 aromatic rings. The van der Waals surface area contributed by atoms with Crippen LogP contribution >= 0.6 is 11.3 Å². The fraction of sp³-hybridized carbons (Fsp3) is 0.308. The van der Waals surface area contributed by atoms with Crippen LogP contribution in [0.2, 0.25) is 0 Å². The number of nitrogens with zero attached hydrogens (tertiary/aromatic N) is 1. The minimum absolute atomic E-state index is 0.588. The molecular weight excluding hydrogens is 218 g/mol. The molecule has 3 heteroatoms. The highest BCUT2D eigenvalue weighted by molar-refractivity contribution is 7.12. The first-order valence-electron chi connectivity index (χ1n) is 5.40. The molecule has 2 heterocycles. The predicted molar refractivity (Wildman–Crippen MR) is 66.7 cm³/mol. The quantitative estimate of drug-likeness (QED) is 0.883. The molecule has 0 aliphatic heterocycles. The summed E-state index contributed by atoms with van der Waals surface area (Å²) in [4.78, 5) is 6.47. The zero-order valence-corrected chi connectivity index (χ0v) is 10.3. The fourth-order valence-corrected chi connectivity index (χ4v) is 2.60. The molecule has 0 aromatic carbocycles. The number of aromatic nitrogens is 1. The third-order valence-electron chi connectivity index (χ3n) is 2.60. The normalized spacial score (nSPS) is 12.7. The van der Waals surface area contributed by atoms with Crippen molar-refractivity contribution in [2.75, 3.05) is 0 Å². The van der Waals surface area contributed by atoms with Gasteiger partial charge in [-0.3, -0.25) is 4.98 Å². The maximum atomic E-state index is 10.3. The summed E-state index contributed by atoms with van der Waals surface area (Å²) >= 11 is 1.62. The highest BCUT2D eigenvalue weighted by atomic mass is 32.1. The van der Waals surface area contributed by atoms with Gasteiger partial charge in [-0.1, -0.05) is 13.0 Å². The number of hydrogen-bond acceptors (Lipinski definition) is 3. The summed E-state index contributed by atoms with van der Waals surface area (Å²) in [6.45, 7) is 4.12. The number of pyridine rings is 1. The molecule has 0 spiro atoms. The van der Waals surface area contributed by atoms with Crippen LogP contribution in [-0.4, -0.2) is 10.1 Å². The Hall–Kier alpha value is -1.19. The maximum Gasteiger partial charge on any atom is 0.130 e. The van der Waals surface area contributed by atoms with Crippen LogP contribution in [0, 0.1) is 6.92 Å². The van der Waals surface area contributed by atoms with E-state index in [2.05, 4.69) is 11.9 Å². The van der Waals surface area contributed by atoms with Gasteiger partial charge in [0.15, 0.2) is 0 Å². The van der Waals surface area contributed by atoms with Gasteiger partial charge in [0, 0.05) is 16.0 Å². The highest BCUT2D eigenvalue weighted by Crippen LogP contribution is 2.28. The summed E-state index contributed by atoms with van der Waals surface area (Å²) in [5.74, 6) is 0. The van der Waals surface area contributed by atoms with Crippen molar-refractivity contribution in [1.29, 1.82) is 0 Å². The second kappa shape index (κ2) is 4.76. The Kier molecular flexibility index (Phi) is 3.36. The lowest BCUT2D eigenvalue weighted by Crippen LogP contribution is -2.04. The monoisotopic (exact) mass is 233 g/mol. The number of aliphatic hydroxyl groups is 1. The van der Waals surface area contributed by atoms with E-state index in [-0.39, 0.29) is 0 Å². The van der Waals surface area contributed by atoms with Crippen molar-refractivity contribution in [3.63, 3.8) is 0 Å². The molecule has 1 unspecified atom stereocenters. The number of thiophene rings is 1. The van der Waals surface area contributed by atoms with E-state index in [1.807, 2.05) is 31.2 Å². The molecule has 0 saturated heterocycles. The van der Waals surface area contributed by atoms with Crippen LogP contribution < -0.4 is 0 Å². The highest BCUT2D eigenvalue weighted by Gasteiger charge is 2.16. The second-order valence-electron chi connectivity index (χ2n) is 3.75. The molecule has 0 fully saturated rings. The molecule has 0 aliphatic rings. The molecule has 2 aromatic heterocycles. The third-order valence-corrected chi connectivity index (χ3v) is 3.65. The van der Waals surface area contributed by atoms with Gasteiger partial charge in [-0.05, 0) is 37.1 Å². The van der Waals surface area contributed by atoms with E-state index in [0.717, 1.165) is 22.6 Å². The molecule has 1 atom stereocenters. The van der Waals surface area contributed by atoms with Crippen molar-refractivity contribution in [3.05, 3.63) is 51.5 Å². The SMILES string of the molecule is CCc1cccnc1C(O)c1ccc(C)s1. The largest absolute Gasteiger partial charge is 0.381 e. The van der Waals surface area contributed by atoms with Crippen molar-refractivity contribution in [2.24, 2.45) is 0 Å². The van der Waals surface area contributed by atoms with E-state index < -0.39 is 6.10 Å². The van der Waals surface area contributed by atoms with Gasteiger partial charge in [0.2, 0.25) is 0 Å². The van der Waals surface area contributed by atoms with Crippen LogP contribution in [-0.2, 0) is 6.42 Å². The zero-order chi connectivity index (χ0) is 11.5. The molecule has 0 amide bonds. The first-order valence-corrected chi connectivity index (χ1v) is 6.22. The smallest absolute Gasteiger partial charge is 0.130 e. The van der Waals surface area contributed by atoms with Crippen molar-refractivity contribution in [2.45, 2.75) is 26.4 Å². The molecule has 16 heavy (non-hydrogen) atoms. The van der Waals surface area contributed by atoms with E-state index in [4.69, 9.17) is 0 Å². The van der Waals surface area contributed by atoms with Crippen LogP contribution in [0.5, 0.6) is 0 Å². The van der Waals surface area contributed by atoms with Crippen molar-refractivity contribution in [3.8, 4) is 0 Å². The minimum Gasteiger partial charge on any atom is -0.381 e. The van der Waals surface area contributed by atoms with Gasteiger partial charge in [0.25, 0.3) is 0 Å². The Bertz CT molecular complexity index is 478. The Morgan fingerprint density at radius 1 is 1.38 bits per heavy atom. The summed E-state index contributed by atoms with van der Waals surface area (Å²) in [5.41, 5.74) is 1.90. The molecule has 84 valence electrons. The van der Waals surface area contributed by atoms with Crippen LogP contribution in [0.25, 0.3) is 0 Å². The van der Waals surface area contributed by atoms with Gasteiger partial charge in [0.1, 0.15) is 6.10 Å². The summed E-state index contributed by atoms with van der Waals surface area (Å²) in [6, 6.07) is 7.93. The van der Waals surface area contributed by atoms with E-state index in [0.29, 0.717) is 0 Å². The van der Waals surface area contributed by atoms with Gasteiger partial charge < -0.3 is 5.11 Å². The van der Waals surface area contributed by atoms with Crippen molar-refractivity contribution < 1.29 is 5.11 Å². The lowest BCUT2D eigenvalue weighted by Gasteiger charge is -2.11. The van der Waals surface area contributed by atoms with E-state index in [1.54, 1.807) is 17.5 Å². The molecule has 0 radical (unpaired) electrons. The standard InChI is InChI=1S/C13H15NOS/c1-3-10-5-4-8-14-12(10)13(15)11-7-6-9(2)16-11/h4-8,13,15H,3H2,1-2H3. The van der Waals surface area contributed by atoms with Crippen LogP contribution in [0.4, 0.5) is 0 Å². The van der Waals surface area contributed by atoms with E-state index in [1.165, 1.54) is 4.88 Å². The average molecular weight is 233 g/mol. The maximum absolute atomic E-state index is 10.3. The zero-order valence-electron chi connectivity index (χ0n) is 9.47. The van der Waals surface area contributed by atoms with Gasteiger partial charge >= 0.3 is 0 Å². The van der Waals surface area contributed by atoms with Gasteiger partial charge in [-0.15, -0.1) is 11.3 Å². The van der Waals surface area contributed by atoms with E-state index >= 15 is 0 Å². The first-order chi connectivity index (χ1) is 7.72. The molecule has 2 rings (SSSR count). The third kappa shape index (κ3) is 2.15. The molecular formula is C13H15NOS. The van der Waals surface area contributed by atoms with Crippen LogP contribution in [0.1, 0.15) is 34.0 Å². The van der Waals surface area contributed by atoms with Crippen molar-refractivity contribution in [1.82, 2.24) is 4.98 Å². The molecule has 0 bridgehead atoms. The van der Waals surface area contributed by atoms with Gasteiger partial charge in [-0.2, -0.15) is 0 Å². The Morgan fingerprint density at radius 3 is 2.81 bits per heavy atom. The molecule has 2 nitrogen and oxygen atoms in total. The molecule has 1 N–H and O–H groups in total. The summed E-state index contributed by atoms with van der Waals surface area (Å²) in [5, 5.41) is 10.3. The molecule has 0 saturated carbocycles. The van der Waals surface area contributed by atoms with Gasteiger partial charge in [0.05, 0.1) is 5.69 Å². The topological polar surface area (TPSA) is 33.1 Å². The summed E-state index contributed by atoms with van der Waals surface area (Å²) < 4.78 is 0. The Balaban J connectivity index is 2.36. The fourth-order valence-electron chi connectivity index (χ4n) is 1.73. The van der Waals surface area contributed by atoms with Gasteiger partial charge in [-0.25, -0.2) is 0 Å². The Morgan fingerprint density at radius 2 is 2.19 bits per heavy atom. The minimum atomic E-state index is -0.588. The number of hydrogen-bond donors (Lipinski definition) is 1. The van der Waals surface area contributed by atoms with E-state index in [9.17, 15) is 5.11 Å². The average Bonchev–Trinajstić information content (AvgIpc) is 2.75. The second-order valence-corrected chi connectivity index (χ2v) is 5.07. The van der Waals surface area contributed by atoms with Crippen LogP contribution in [0.15, 0.2) is 30.5 Å². The molecule has 0 aliphatic carbocycles. The van der Waals surface area contributed by atoms with Crippen LogP contribution in [0.3, 0.4) is 0 Å². The number of rotatable bonds is 3. The first kappa shape index (κ1) is 11.3. The lowest BCUT2D eigenvalue weighted by molar-refractivity contribution is 0.218. The predicted octanol–water partition coefficient (Wildman–Crippen LogP) is 3.10.